The van der Waals surface area contributed by atoms with Crippen molar-refractivity contribution in [1.82, 2.24) is 9.80 Å². The number of hydrogen-bond acceptors (Lipinski definition) is 3. The van der Waals surface area contributed by atoms with Crippen LogP contribution in [0, 0.1) is 0 Å². The van der Waals surface area contributed by atoms with Crippen LogP contribution in [0.2, 0.25) is 0 Å². The van der Waals surface area contributed by atoms with Gasteiger partial charge in [-0.05, 0) is 25.7 Å². The predicted octanol–water partition coefficient (Wildman–Crippen LogP) is 1.16. The van der Waals surface area contributed by atoms with Crippen molar-refractivity contribution in [3.63, 3.8) is 0 Å². The monoisotopic (exact) mass is 270 g/mol. The zero-order chi connectivity index (χ0) is 13.8. The molecular weight excluding hydrogens is 248 g/mol. The predicted molar refractivity (Wildman–Crippen MR) is 69.0 cm³/mol. The number of hydrogen-bond donors (Lipinski definition) is 1. The van der Waals surface area contributed by atoms with Gasteiger partial charge in [-0.1, -0.05) is 0 Å². The van der Waals surface area contributed by atoms with Gasteiger partial charge in [-0.25, -0.2) is 4.79 Å². The Morgan fingerprint density at radius 1 is 1.26 bits per heavy atom. The van der Waals surface area contributed by atoms with Gasteiger partial charge in [-0.15, -0.1) is 0 Å². The summed E-state index contributed by atoms with van der Waals surface area (Å²) < 4.78 is 5.29. The van der Waals surface area contributed by atoms with Crippen LogP contribution in [0.4, 0.5) is 4.79 Å². The largest absolute Gasteiger partial charge is 0.481 e. The number of carbonyl (C=O) groups excluding carboxylic acids is 1. The van der Waals surface area contributed by atoms with Crippen molar-refractivity contribution < 1.29 is 19.4 Å². The minimum absolute atomic E-state index is 0.00157. The smallest absolute Gasteiger partial charge is 0.320 e. The fraction of sp³-hybridized carbons (Fsp3) is 0.846. The summed E-state index contributed by atoms with van der Waals surface area (Å²) in [5.41, 5.74) is 0. The summed E-state index contributed by atoms with van der Waals surface area (Å²) in [6.07, 6.45) is 3.99. The molecule has 0 aromatic carbocycles. The number of piperidine rings is 1. The van der Waals surface area contributed by atoms with Crippen molar-refractivity contribution in [2.24, 2.45) is 0 Å². The minimum atomic E-state index is -0.850. The molecule has 0 aromatic rings. The molecule has 108 valence electrons. The summed E-state index contributed by atoms with van der Waals surface area (Å²) in [6.45, 7) is 1.73. The molecule has 0 aromatic heterocycles. The summed E-state index contributed by atoms with van der Waals surface area (Å²) in [4.78, 5) is 26.6. The fourth-order valence-corrected chi connectivity index (χ4v) is 2.50. The number of carboxylic acid groups (broad SMARTS) is 1. The molecule has 1 heterocycles. The normalized spacial score (nSPS) is 20.4. The molecule has 1 aliphatic heterocycles. The number of ether oxygens (including phenoxy) is 1. The van der Waals surface area contributed by atoms with Gasteiger partial charge in [0.15, 0.2) is 0 Å². The van der Waals surface area contributed by atoms with E-state index in [9.17, 15) is 9.59 Å². The lowest BCUT2D eigenvalue weighted by atomic mass is 10.1. The lowest BCUT2D eigenvalue weighted by Crippen LogP contribution is -2.49. The molecule has 0 unspecified atom stereocenters. The molecule has 0 atom stereocenters. The summed E-state index contributed by atoms with van der Waals surface area (Å²) >= 11 is 0. The Morgan fingerprint density at radius 2 is 1.89 bits per heavy atom. The third-order valence-electron chi connectivity index (χ3n) is 3.85. The first-order valence-corrected chi connectivity index (χ1v) is 6.92. The lowest BCUT2D eigenvalue weighted by Gasteiger charge is -2.35. The number of carboxylic acids is 1. The van der Waals surface area contributed by atoms with Gasteiger partial charge in [0, 0.05) is 32.8 Å². The van der Waals surface area contributed by atoms with Crippen LogP contribution in [0.1, 0.15) is 32.1 Å². The highest BCUT2D eigenvalue weighted by Crippen LogP contribution is 2.28. The van der Waals surface area contributed by atoms with E-state index in [2.05, 4.69) is 0 Å². The van der Waals surface area contributed by atoms with Gasteiger partial charge in [-0.2, -0.15) is 0 Å². The molecule has 1 saturated heterocycles. The first-order chi connectivity index (χ1) is 9.11. The maximum atomic E-state index is 12.4. The second-order valence-corrected chi connectivity index (χ2v) is 5.27. The lowest BCUT2D eigenvalue weighted by molar-refractivity contribution is -0.137. The Bertz CT molecular complexity index is 336. The standard InChI is InChI=1S/C13H22N2O4/c1-19-11-4-7-14(8-5-11)13(18)15(10-2-3-10)9-6-12(16)17/h10-11H,2-9H2,1H3,(H,16,17). The van der Waals surface area contributed by atoms with Crippen LogP contribution in [0.3, 0.4) is 0 Å². The van der Waals surface area contributed by atoms with Gasteiger partial charge >= 0.3 is 12.0 Å². The number of carbonyl (C=O) groups is 2. The second-order valence-electron chi connectivity index (χ2n) is 5.27. The molecular formula is C13H22N2O4. The molecule has 2 aliphatic rings. The van der Waals surface area contributed by atoms with Crippen molar-refractivity contribution >= 4 is 12.0 Å². The first-order valence-electron chi connectivity index (χ1n) is 6.92. The zero-order valence-corrected chi connectivity index (χ0v) is 11.4. The van der Waals surface area contributed by atoms with Crippen LogP contribution in [0.25, 0.3) is 0 Å². The van der Waals surface area contributed by atoms with Crippen molar-refractivity contribution in [3.05, 3.63) is 0 Å². The molecule has 6 heteroatoms. The molecule has 2 fully saturated rings. The summed E-state index contributed by atoms with van der Waals surface area (Å²) in [5, 5.41) is 8.76. The molecule has 2 amide bonds. The van der Waals surface area contributed by atoms with Gasteiger partial charge in [0.2, 0.25) is 0 Å². The average molecular weight is 270 g/mol. The molecule has 0 bridgehead atoms. The Kier molecular flexibility index (Phi) is 4.63. The highest BCUT2D eigenvalue weighted by atomic mass is 16.5. The minimum Gasteiger partial charge on any atom is -0.481 e. The second kappa shape index (κ2) is 6.23. The maximum Gasteiger partial charge on any atom is 0.320 e. The molecule has 19 heavy (non-hydrogen) atoms. The topological polar surface area (TPSA) is 70.1 Å². The van der Waals surface area contributed by atoms with E-state index < -0.39 is 5.97 Å². The van der Waals surface area contributed by atoms with Crippen molar-refractivity contribution in [3.8, 4) is 0 Å². The average Bonchev–Trinajstić information content (AvgIpc) is 3.23. The van der Waals surface area contributed by atoms with Gasteiger partial charge < -0.3 is 19.6 Å². The highest BCUT2D eigenvalue weighted by Gasteiger charge is 2.35. The Balaban J connectivity index is 1.86. The van der Waals surface area contributed by atoms with Crippen molar-refractivity contribution in [2.45, 2.75) is 44.2 Å². The van der Waals surface area contributed by atoms with Gasteiger partial charge in [0.1, 0.15) is 0 Å². The van der Waals surface area contributed by atoms with E-state index in [1.54, 1.807) is 12.0 Å². The number of amides is 2. The summed E-state index contributed by atoms with van der Waals surface area (Å²) in [7, 11) is 1.70. The maximum absolute atomic E-state index is 12.4. The molecule has 6 nitrogen and oxygen atoms in total. The molecule has 1 saturated carbocycles. The van der Waals surface area contributed by atoms with E-state index in [0.29, 0.717) is 19.6 Å². The molecule has 1 N–H and O–H groups in total. The zero-order valence-electron chi connectivity index (χ0n) is 11.4. The van der Waals surface area contributed by atoms with E-state index in [1.807, 2.05) is 4.90 Å². The Morgan fingerprint density at radius 3 is 2.37 bits per heavy atom. The van der Waals surface area contributed by atoms with E-state index in [0.717, 1.165) is 25.7 Å². The number of methoxy groups -OCH3 is 1. The molecule has 0 radical (unpaired) electrons. The van der Waals surface area contributed by atoms with Gasteiger partial charge in [0.05, 0.1) is 12.5 Å². The van der Waals surface area contributed by atoms with Crippen molar-refractivity contribution in [1.29, 1.82) is 0 Å². The highest BCUT2D eigenvalue weighted by molar-refractivity contribution is 5.76. The van der Waals surface area contributed by atoms with Crippen LogP contribution in [0.5, 0.6) is 0 Å². The molecule has 1 aliphatic carbocycles. The summed E-state index contributed by atoms with van der Waals surface area (Å²) in [5.74, 6) is -0.850. The van der Waals surface area contributed by atoms with E-state index >= 15 is 0 Å². The fourth-order valence-electron chi connectivity index (χ4n) is 2.50. The van der Waals surface area contributed by atoms with Crippen LogP contribution in [-0.4, -0.2) is 65.8 Å². The molecule has 0 spiro atoms. The summed E-state index contributed by atoms with van der Waals surface area (Å²) in [6, 6.07) is 0.255. The number of likely N-dealkylation sites (tertiary alicyclic amines) is 1. The molecule has 2 rings (SSSR count). The number of aliphatic carboxylic acids is 1. The van der Waals surface area contributed by atoms with E-state index in [-0.39, 0.29) is 24.6 Å². The first kappa shape index (κ1) is 14.1. The Hall–Kier alpha value is -1.30. The van der Waals surface area contributed by atoms with Crippen molar-refractivity contribution in [2.75, 3.05) is 26.7 Å². The third kappa shape index (κ3) is 3.83. The van der Waals surface area contributed by atoms with Crippen LogP contribution < -0.4 is 0 Å². The number of nitrogens with zero attached hydrogens (tertiary/aromatic N) is 2. The third-order valence-corrected chi connectivity index (χ3v) is 3.85. The number of urea groups is 1. The number of rotatable bonds is 5. The van der Waals surface area contributed by atoms with Gasteiger partial charge in [-0.3, -0.25) is 4.79 Å². The van der Waals surface area contributed by atoms with Crippen LogP contribution in [0.15, 0.2) is 0 Å². The van der Waals surface area contributed by atoms with E-state index in [1.165, 1.54) is 0 Å². The quantitative estimate of drug-likeness (QED) is 0.813. The van der Waals surface area contributed by atoms with E-state index in [4.69, 9.17) is 9.84 Å². The SMILES string of the molecule is COC1CCN(C(=O)N(CCC(=O)O)C2CC2)CC1. The Labute approximate surface area is 113 Å². The van der Waals surface area contributed by atoms with Gasteiger partial charge in [0.25, 0.3) is 0 Å². The van der Waals surface area contributed by atoms with Crippen LogP contribution >= 0.6 is 0 Å². The van der Waals surface area contributed by atoms with Crippen LogP contribution in [-0.2, 0) is 9.53 Å².